The number of esters is 1. The molecule has 0 spiro atoms. The van der Waals surface area contributed by atoms with Crippen LogP contribution < -0.4 is 0 Å². The van der Waals surface area contributed by atoms with Crippen molar-refractivity contribution < 1.29 is 34.8 Å². The normalized spacial score (nSPS) is 31.0. The number of carboxylic acids is 1. The Morgan fingerprint density at radius 3 is 2.70 bits per heavy atom. The maximum absolute atomic E-state index is 11.8. The Labute approximate surface area is 131 Å². The van der Waals surface area contributed by atoms with E-state index in [9.17, 15) is 24.9 Å². The number of rotatable bonds is 4. The van der Waals surface area contributed by atoms with Gasteiger partial charge in [0, 0.05) is 31.3 Å². The summed E-state index contributed by atoms with van der Waals surface area (Å²) in [7, 11) is 0. The average Bonchev–Trinajstić information content (AvgIpc) is 2.51. The van der Waals surface area contributed by atoms with Crippen LogP contribution in [0.25, 0.3) is 6.08 Å². The van der Waals surface area contributed by atoms with Gasteiger partial charge in [-0.2, -0.15) is 0 Å². The number of aliphatic hydroxyl groups excluding tert-OH is 2. The van der Waals surface area contributed by atoms with Crippen molar-refractivity contribution in [3.05, 3.63) is 36.2 Å². The van der Waals surface area contributed by atoms with E-state index in [2.05, 4.69) is 4.98 Å². The lowest BCUT2D eigenvalue weighted by atomic mass is 9.79. The van der Waals surface area contributed by atoms with Crippen molar-refractivity contribution in [1.29, 1.82) is 0 Å². The molecule has 1 heterocycles. The van der Waals surface area contributed by atoms with Gasteiger partial charge in [-0.05, 0) is 17.7 Å². The van der Waals surface area contributed by atoms with Crippen LogP contribution in [0.15, 0.2) is 30.6 Å². The highest BCUT2D eigenvalue weighted by atomic mass is 16.6. The minimum absolute atomic E-state index is 0.507. The number of pyridine rings is 1. The molecule has 0 amide bonds. The van der Waals surface area contributed by atoms with Gasteiger partial charge in [0.25, 0.3) is 0 Å². The number of carbonyl (C=O) groups is 2. The summed E-state index contributed by atoms with van der Waals surface area (Å²) in [5.41, 5.74) is -1.60. The number of nitrogens with zero attached hydrogens (tertiary/aromatic N) is 1. The minimum atomic E-state index is -2.25. The molecule has 0 aromatic carbocycles. The number of carboxylic acid groups (broad SMARTS) is 1. The number of aliphatic carboxylic acids is 1. The molecule has 124 valence electrons. The number of aromatic nitrogens is 1. The summed E-state index contributed by atoms with van der Waals surface area (Å²) in [6.07, 6.45) is 0.264. The summed E-state index contributed by atoms with van der Waals surface area (Å²) in [6, 6.07) is 3.39. The van der Waals surface area contributed by atoms with Gasteiger partial charge in [0.05, 0.1) is 6.10 Å². The molecule has 1 aliphatic rings. The Morgan fingerprint density at radius 1 is 1.35 bits per heavy atom. The van der Waals surface area contributed by atoms with Crippen molar-refractivity contribution in [1.82, 2.24) is 4.98 Å². The topological polar surface area (TPSA) is 137 Å². The lowest BCUT2D eigenvalue weighted by Crippen LogP contribution is -2.57. The van der Waals surface area contributed by atoms with E-state index >= 15 is 0 Å². The Balaban J connectivity index is 2.03. The molecule has 8 heteroatoms. The van der Waals surface area contributed by atoms with Crippen LogP contribution in [-0.2, 0) is 14.3 Å². The van der Waals surface area contributed by atoms with Crippen molar-refractivity contribution in [3.8, 4) is 0 Å². The van der Waals surface area contributed by atoms with Gasteiger partial charge < -0.3 is 25.2 Å². The van der Waals surface area contributed by atoms with Gasteiger partial charge >= 0.3 is 11.9 Å². The van der Waals surface area contributed by atoms with Crippen molar-refractivity contribution in [2.75, 3.05) is 0 Å². The monoisotopic (exact) mass is 323 g/mol. The van der Waals surface area contributed by atoms with Crippen LogP contribution in [0.2, 0.25) is 0 Å². The zero-order chi connectivity index (χ0) is 17.0. The van der Waals surface area contributed by atoms with E-state index in [4.69, 9.17) is 9.84 Å². The Kier molecular flexibility index (Phi) is 5.09. The van der Waals surface area contributed by atoms with E-state index in [1.54, 1.807) is 18.3 Å². The maximum atomic E-state index is 11.8. The highest BCUT2D eigenvalue weighted by Gasteiger charge is 2.50. The molecule has 8 nitrogen and oxygen atoms in total. The second-order valence-electron chi connectivity index (χ2n) is 5.40. The summed E-state index contributed by atoms with van der Waals surface area (Å²) in [6.45, 7) is 0. The largest absolute Gasteiger partial charge is 0.479 e. The molecule has 1 aromatic heterocycles. The molecule has 2 rings (SSSR count). The highest BCUT2D eigenvalue weighted by molar-refractivity contribution is 5.87. The second kappa shape index (κ2) is 6.86. The Hall–Kier alpha value is -2.29. The molecule has 1 aliphatic carbocycles. The standard InChI is InChI=1S/C15H17NO7/c17-10-6-15(22,14(20)21)7-11(13(10)19)23-12(18)4-3-9-2-1-5-16-8-9/h1-5,8,10-11,13,17,19,22H,6-7H2,(H,20,21)/b4-3+/t10-,11-,13-,15+/m1/s1. The zero-order valence-corrected chi connectivity index (χ0v) is 12.1. The summed E-state index contributed by atoms with van der Waals surface area (Å²) >= 11 is 0. The third kappa shape index (κ3) is 4.13. The molecule has 1 fully saturated rings. The fourth-order valence-electron chi connectivity index (χ4n) is 2.36. The SMILES string of the molecule is O=C(/C=C/c1cccnc1)O[C@@H]1C[C@](O)(C(=O)O)C[C@@H](O)[C@H]1O. The highest BCUT2D eigenvalue weighted by Crippen LogP contribution is 2.31. The van der Waals surface area contributed by atoms with E-state index in [0.717, 1.165) is 6.08 Å². The fraction of sp³-hybridized carbons (Fsp3) is 0.400. The quantitative estimate of drug-likeness (QED) is 0.423. The fourth-order valence-corrected chi connectivity index (χ4v) is 2.36. The predicted molar refractivity (Wildman–Crippen MR) is 77.0 cm³/mol. The summed E-state index contributed by atoms with van der Waals surface area (Å²) in [4.78, 5) is 26.7. The zero-order valence-electron chi connectivity index (χ0n) is 12.1. The number of hydrogen-bond acceptors (Lipinski definition) is 7. The van der Waals surface area contributed by atoms with Crippen LogP contribution in [0, 0.1) is 0 Å². The summed E-state index contributed by atoms with van der Waals surface area (Å²) in [5, 5.41) is 38.4. The van der Waals surface area contributed by atoms with Crippen LogP contribution in [0.1, 0.15) is 18.4 Å². The summed E-state index contributed by atoms with van der Waals surface area (Å²) < 4.78 is 4.96. The molecule has 23 heavy (non-hydrogen) atoms. The lowest BCUT2D eigenvalue weighted by molar-refractivity contribution is -0.196. The molecule has 4 N–H and O–H groups in total. The lowest BCUT2D eigenvalue weighted by Gasteiger charge is -2.39. The molecule has 0 unspecified atom stereocenters. The van der Waals surface area contributed by atoms with E-state index in [-0.39, 0.29) is 0 Å². The first-order valence-corrected chi connectivity index (χ1v) is 6.92. The maximum Gasteiger partial charge on any atom is 0.335 e. The van der Waals surface area contributed by atoms with Gasteiger partial charge in [-0.1, -0.05) is 6.07 Å². The van der Waals surface area contributed by atoms with E-state index in [0.29, 0.717) is 5.56 Å². The molecular formula is C15H17NO7. The van der Waals surface area contributed by atoms with Crippen molar-refractivity contribution in [2.45, 2.75) is 36.8 Å². The van der Waals surface area contributed by atoms with Gasteiger partial charge in [0.2, 0.25) is 0 Å². The van der Waals surface area contributed by atoms with E-state index in [1.165, 1.54) is 12.3 Å². The molecule has 4 atom stereocenters. The first kappa shape index (κ1) is 17.1. The number of hydrogen-bond donors (Lipinski definition) is 4. The minimum Gasteiger partial charge on any atom is -0.479 e. The van der Waals surface area contributed by atoms with Crippen LogP contribution in [0.5, 0.6) is 0 Å². The third-order valence-electron chi connectivity index (χ3n) is 3.62. The van der Waals surface area contributed by atoms with Crippen LogP contribution in [-0.4, -0.2) is 61.3 Å². The van der Waals surface area contributed by atoms with Gasteiger partial charge in [0.15, 0.2) is 5.60 Å². The van der Waals surface area contributed by atoms with Gasteiger partial charge in [0.1, 0.15) is 12.2 Å². The smallest absolute Gasteiger partial charge is 0.335 e. The van der Waals surface area contributed by atoms with Crippen molar-refractivity contribution in [3.63, 3.8) is 0 Å². The molecule has 0 saturated heterocycles. The number of aliphatic hydroxyl groups is 3. The average molecular weight is 323 g/mol. The Morgan fingerprint density at radius 2 is 2.09 bits per heavy atom. The molecule has 0 radical (unpaired) electrons. The van der Waals surface area contributed by atoms with Crippen LogP contribution >= 0.6 is 0 Å². The van der Waals surface area contributed by atoms with E-state index in [1.807, 2.05) is 0 Å². The first-order valence-electron chi connectivity index (χ1n) is 6.92. The molecule has 1 saturated carbocycles. The first-order chi connectivity index (χ1) is 10.8. The molecule has 0 bridgehead atoms. The predicted octanol–water partition coefficient (Wildman–Crippen LogP) is -0.662. The van der Waals surface area contributed by atoms with Crippen molar-refractivity contribution in [2.24, 2.45) is 0 Å². The van der Waals surface area contributed by atoms with Crippen LogP contribution in [0.4, 0.5) is 0 Å². The second-order valence-corrected chi connectivity index (χ2v) is 5.40. The molecule has 1 aromatic rings. The number of carbonyl (C=O) groups excluding carboxylic acids is 1. The van der Waals surface area contributed by atoms with Gasteiger partial charge in [-0.15, -0.1) is 0 Å². The summed E-state index contributed by atoms with van der Waals surface area (Å²) in [5.74, 6) is -2.38. The third-order valence-corrected chi connectivity index (χ3v) is 3.62. The van der Waals surface area contributed by atoms with E-state index < -0.39 is 48.7 Å². The van der Waals surface area contributed by atoms with Gasteiger partial charge in [-0.25, -0.2) is 9.59 Å². The van der Waals surface area contributed by atoms with Crippen molar-refractivity contribution >= 4 is 18.0 Å². The van der Waals surface area contributed by atoms with Gasteiger partial charge in [-0.3, -0.25) is 4.98 Å². The molecular weight excluding hydrogens is 306 g/mol. The van der Waals surface area contributed by atoms with Crippen LogP contribution in [0.3, 0.4) is 0 Å². The Bertz CT molecular complexity index is 603. The number of ether oxygens (including phenoxy) is 1. The molecule has 0 aliphatic heterocycles.